The highest BCUT2D eigenvalue weighted by atomic mass is 79.9. The minimum Gasteiger partial charge on any atom is -0.455 e. The summed E-state index contributed by atoms with van der Waals surface area (Å²) in [6.45, 7) is 1.71. The molecule has 3 aromatic rings. The number of ether oxygens (including phenoxy) is 1. The number of alkyl halides is 3. The highest BCUT2D eigenvalue weighted by Gasteiger charge is 2.51. The Labute approximate surface area is 206 Å². The number of halogens is 4. The molecule has 0 saturated heterocycles. The average molecular weight is 550 g/mol. The summed E-state index contributed by atoms with van der Waals surface area (Å²) < 4.78 is 45.6. The van der Waals surface area contributed by atoms with E-state index in [4.69, 9.17) is 4.74 Å². The number of amides is 2. The fraction of sp³-hybridized carbons (Fsp3) is 0.261. The van der Waals surface area contributed by atoms with Crippen LogP contribution in [0, 0.1) is 0 Å². The van der Waals surface area contributed by atoms with Gasteiger partial charge in [0.25, 0.3) is 5.91 Å². The van der Waals surface area contributed by atoms with Crippen LogP contribution in [0.5, 0.6) is 11.5 Å². The number of rotatable bonds is 7. The second kappa shape index (κ2) is 9.61. The molecule has 0 radical (unpaired) electrons. The molecule has 1 fully saturated rings. The van der Waals surface area contributed by atoms with Crippen molar-refractivity contribution >= 4 is 27.7 Å². The van der Waals surface area contributed by atoms with Crippen LogP contribution in [-0.2, 0) is 11.0 Å². The molecule has 2 aromatic heterocycles. The number of pyridine rings is 1. The number of aromatic nitrogens is 3. The van der Waals surface area contributed by atoms with Crippen molar-refractivity contribution in [1.82, 2.24) is 25.6 Å². The lowest BCUT2D eigenvalue weighted by Gasteiger charge is -2.21. The van der Waals surface area contributed by atoms with Crippen molar-refractivity contribution in [2.75, 3.05) is 0 Å². The Balaban J connectivity index is 1.39. The Morgan fingerprint density at radius 2 is 1.83 bits per heavy atom. The number of nitrogens with one attached hydrogen (secondary N) is 2. The largest absolute Gasteiger partial charge is 0.455 e. The predicted octanol–water partition coefficient (Wildman–Crippen LogP) is 4.59. The molecule has 0 spiro atoms. The molecule has 2 N–H and O–H groups in total. The molecule has 1 aliphatic carbocycles. The standard InChI is InChI=1S/C23H19BrF3N5O3/c1-13(31-21(34)22(6-7-22)32-20(33)14-9-28-12-29-10-14)18-4-3-16(11-30-18)35-19-5-2-15(24)8-17(19)23(25,26)27/h2-5,8-13H,6-7H2,1H3,(H,31,34)(H,32,33). The van der Waals surface area contributed by atoms with E-state index in [1.165, 1.54) is 43.1 Å². The van der Waals surface area contributed by atoms with Crippen molar-refractivity contribution in [2.24, 2.45) is 0 Å². The lowest BCUT2D eigenvalue weighted by molar-refractivity contribution is -0.138. The minimum absolute atomic E-state index is 0.108. The molecular weight excluding hydrogens is 531 g/mol. The van der Waals surface area contributed by atoms with Gasteiger partial charge in [-0.25, -0.2) is 9.97 Å². The van der Waals surface area contributed by atoms with E-state index in [1.807, 2.05) is 0 Å². The summed E-state index contributed by atoms with van der Waals surface area (Å²) >= 11 is 3.03. The molecule has 35 heavy (non-hydrogen) atoms. The summed E-state index contributed by atoms with van der Waals surface area (Å²) in [4.78, 5) is 37.0. The predicted molar refractivity (Wildman–Crippen MR) is 121 cm³/mol. The first-order valence-corrected chi connectivity index (χ1v) is 11.3. The third-order valence-electron chi connectivity index (χ3n) is 5.39. The third kappa shape index (κ3) is 5.76. The lowest BCUT2D eigenvalue weighted by atomic mass is 10.1. The maximum Gasteiger partial charge on any atom is 0.420 e. The van der Waals surface area contributed by atoms with Crippen LogP contribution < -0.4 is 15.4 Å². The van der Waals surface area contributed by atoms with Gasteiger partial charge in [0, 0.05) is 16.9 Å². The summed E-state index contributed by atoms with van der Waals surface area (Å²) in [6.07, 6.45) is 1.68. The number of benzene rings is 1. The van der Waals surface area contributed by atoms with E-state index in [0.717, 1.165) is 6.07 Å². The molecule has 0 aliphatic heterocycles. The highest BCUT2D eigenvalue weighted by molar-refractivity contribution is 9.10. The van der Waals surface area contributed by atoms with E-state index in [2.05, 4.69) is 41.5 Å². The molecule has 1 atom stereocenters. The molecule has 2 heterocycles. The molecule has 1 unspecified atom stereocenters. The van der Waals surface area contributed by atoms with Crippen LogP contribution in [0.15, 0.2) is 59.7 Å². The zero-order valence-corrected chi connectivity index (χ0v) is 19.9. The van der Waals surface area contributed by atoms with E-state index < -0.39 is 29.2 Å². The van der Waals surface area contributed by atoms with Gasteiger partial charge in [-0.2, -0.15) is 13.2 Å². The Morgan fingerprint density at radius 1 is 1.11 bits per heavy atom. The van der Waals surface area contributed by atoms with Crippen molar-refractivity contribution < 1.29 is 27.5 Å². The SMILES string of the molecule is CC(NC(=O)C1(NC(=O)c2cncnc2)CC1)c1ccc(Oc2ccc(Br)cc2C(F)(F)F)cn1. The van der Waals surface area contributed by atoms with Gasteiger partial charge in [0.15, 0.2) is 0 Å². The summed E-state index contributed by atoms with van der Waals surface area (Å²) in [5.41, 5.74) is -1.22. The number of nitrogens with zero attached hydrogens (tertiary/aromatic N) is 3. The molecule has 8 nitrogen and oxygen atoms in total. The highest BCUT2D eigenvalue weighted by Crippen LogP contribution is 2.40. The van der Waals surface area contributed by atoms with Crippen molar-refractivity contribution in [2.45, 2.75) is 37.5 Å². The van der Waals surface area contributed by atoms with Crippen LogP contribution in [-0.4, -0.2) is 32.3 Å². The van der Waals surface area contributed by atoms with Gasteiger partial charge in [-0.3, -0.25) is 14.6 Å². The maximum atomic E-state index is 13.3. The van der Waals surface area contributed by atoms with Crippen LogP contribution >= 0.6 is 15.9 Å². The van der Waals surface area contributed by atoms with E-state index >= 15 is 0 Å². The van der Waals surface area contributed by atoms with E-state index in [9.17, 15) is 22.8 Å². The summed E-state index contributed by atoms with van der Waals surface area (Å²) in [7, 11) is 0. The van der Waals surface area contributed by atoms with Gasteiger partial charge >= 0.3 is 6.18 Å². The molecule has 2 amide bonds. The van der Waals surface area contributed by atoms with E-state index in [0.29, 0.717) is 18.5 Å². The molecular formula is C23H19BrF3N5O3. The first kappa shape index (κ1) is 24.6. The number of carbonyl (C=O) groups is 2. The summed E-state index contributed by atoms with van der Waals surface area (Å²) in [5, 5.41) is 5.55. The molecule has 4 rings (SSSR count). The quantitative estimate of drug-likeness (QED) is 0.446. The third-order valence-corrected chi connectivity index (χ3v) is 5.88. The van der Waals surface area contributed by atoms with Gasteiger partial charge in [0.2, 0.25) is 5.91 Å². The molecule has 1 aromatic carbocycles. The second-order valence-electron chi connectivity index (χ2n) is 8.02. The van der Waals surface area contributed by atoms with Gasteiger partial charge < -0.3 is 15.4 Å². The molecule has 182 valence electrons. The fourth-order valence-electron chi connectivity index (χ4n) is 3.30. The van der Waals surface area contributed by atoms with Crippen molar-refractivity contribution in [3.8, 4) is 11.5 Å². The van der Waals surface area contributed by atoms with Gasteiger partial charge in [0.05, 0.1) is 29.1 Å². The van der Waals surface area contributed by atoms with Gasteiger partial charge in [-0.05, 0) is 50.1 Å². The van der Waals surface area contributed by atoms with Crippen LogP contribution in [0.2, 0.25) is 0 Å². The summed E-state index contributed by atoms with van der Waals surface area (Å²) in [5.74, 6) is -1.05. The minimum atomic E-state index is -4.59. The Hall–Kier alpha value is -3.54. The smallest absolute Gasteiger partial charge is 0.420 e. The van der Waals surface area contributed by atoms with Gasteiger partial charge in [-0.15, -0.1) is 0 Å². The van der Waals surface area contributed by atoms with E-state index in [1.54, 1.807) is 13.0 Å². The number of hydrogen-bond donors (Lipinski definition) is 2. The molecule has 0 bridgehead atoms. The normalized spacial score (nSPS) is 15.1. The van der Waals surface area contributed by atoms with Gasteiger partial charge in [0.1, 0.15) is 23.4 Å². The lowest BCUT2D eigenvalue weighted by Crippen LogP contribution is -2.49. The average Bonchev–Trinajstić information content (AvgIpc) is 3.61. The van der Waals surface area contributed by atoms with Crippen LogP contribution in [0.1, 0.15) is 47.4 Å². The van der Waals surface area contributed by atoms with Crippen LogP contribution in [0.4, 0.5) is 13.2 Å². The van der Waals surface area contributed by atoms with Crippen LogP contribution in [0.25, 0.3) is 0 Å². The van der Waals surface area contributed by atoms with Crippen LogP contribution in [0.3, 0.4) is 0 Å². The Morgan fingerprint density at radius 3 is 2.43 bits per heavy atom. The Bertz CT molecular complexity index is 1240. The number of hydrogen-bond acceptors (Lipinski definition) is 6. The fourth-order valence-corrected chi connectivity index (χ4v) is 3.66. The summed E-state index contributed by atoms with van der Waals surface area (Å²) in [6, 6.07) is 6.09. The zero-order valence-electron chi connectivity index (χ0n) is 18.3. The van der Waals surface area contributed by atoms with Crippen molar-refractivity contribution in [3.63, 3.8) is 0 Å². The molecule has 1 aliphatic rings. The topological polar surface area (TPSA) is 106 Å². The van der Waals surface area contributed by atoms with Crippen molar-refractivity contribution in [1.29, 1.82) is 0 Å². The van der Waals surface area contributed by atoms with E-state index in [-0.39, 0.29) is 27.4 Å². The van der Waals surface area contributed by atoms with Gasteiger partial charge in [-0.1, -0.05) is 15.9 Å². The number of carbonyl (C=O) groups excluding carboxylic acids is 2. The van der Waals surface area contributed by atoms with Crippen molar-refractivity contribution in [3.05, 3.63) is 76.5 Å². The monoisotopic (exact) mass is 549 g/mol. The first-order valence-electron chi connectivity index (χ1n) is 10.5. The second-order valence-corrected chi connectivity index (χ2v) is 8.93. The maximum absolute atomic E-state index is 13.3. The Kier molecular flexibility index (Phi) is 6.75. The molecule has 1 saturated carbocycles. The molecule has 12 heteroatoms. The first-order chi connectivity index (χ1) is 16.6. The zero-order chi connectivity index (χ0) is 25.2.